The van der Waals surface area contributed by atoms with Gasteiger partial charge in [-0.1, -0.05) is 0 Å². The number of Topliss-reactive ketones (excluding diaryl/α,β-unsaturated/α-hetero) is 2. The van der Waals surface area contributed by atoms with Crippen molar-refractivity contribution in [1.82, 2.24) is 4.98 Å². The molecule has 0 radical (unpaired) electrons. The van der Waals surface area contributed by atoms with Crippen LogP contribution in [-0.4, -0.2) is 45.0 Å². The van der Waals surface area contributed by atoms with Crippen LogP contribution in [-0.2, 0) is 13.2 Å². The van der Waals surface area contributed by atoms with Crippen LogP contribution in [0.4, 0.5) is 0 Å². The highest BCUT2D eigenvalue weighted by Gasteiger charge is 2.29. The molecule has 0 unspecified atom stereocenters. The second kappa shape index (κ2) is 11.4. The lowest BCUT2D eigenvalue weighted by Gasteiger charge is -2.17. The Hall–Kier alpha value is -4.71. The number of aromatic nitrogens is 1. The summed E-state index contributed by atoms with van der Waals surface area (Å²) in [6.45, 7) is 2.90. The quantitative estimate of drug-likeness (QED) is 0.155. The van der Waals surface area contributed by atoms with Crippen molar-refractivity contribution in [2.75, 3.05) is 28.4 Å². The molecule has 0 aliphatic heterocycles. The number of carbonyl (C=O) groups excluding carboxylic acids is 2. The van der Waals surface area contributed by atoms with E-state index in [1.165, 1.54) is 66.1 Å². The van der Waals surface area contributed by atoms with Crippen LogP contribution in [0.15, 0.2) is 38.9 Å². The molecule has 12 heteroatoms. The zero-order valence-corrected chi connectivity index (χ0v) is 24.1. The molecular weight excluding hydrogens is 554 g/mol. The fourth-order valence-electron chi connectivity index (χ4n) is 4.71. The molecule has 5 rings (SSSR count). The number of nitrogens with zero attached hydrogens (tertiary/aromatic N) is 1. The van der Waals surface area contributed by atoms with Crippen LogP contribution in [0.2, 0.25) is 0 Å². The summed E-state index contributed by atoms with van der Waals surface area (Å²) in [6, 6.07) is 3.40. The normalized spacial score (nSPS) is 11.1. The van der Waals surface area contributed by atoms with Crippen LogP contribution >= 0.6 is 11.3 Å². The maximum atomic E-state index is 12.6. The van der Waals surface area contributed by atoms with E-state index in [1.54, 1.807) is 17.5 Å². The van der Waals surface area contributed by atoms with E-state index in [-0.39, 0.29) is 58.9 Å². The number of ether oxygens (including phenoxy) is 6. The molecule has 2 aromatic carbocycles. The van der Waals surface area contributed by atoms with Crippen LogP contribution in [0.25, 0.3) is 21.9 Å². The Bertz CT molecular complexity index is 1640. The molecule has 0 saturated heterocycles. The number of hydrogen-bond acceptors (Lipinski definition) is 12. The largest absolute Gasteiger partial charge is 0.495 e. The molecule has 3 heterocycles. The number of benzene rings is 2. The highest BCUT2D eigenvalue weighted by atomic mass is 32.1. The third-order valence-corrected chi connectivity index (χ3v) is 7.25. The highest BCUT2D eigenvalue weighted by Crippen LogP contribution is 2.48. The van der Waals surface area contributed by atoms with E-state index in [9.17, 15) is 9.59 Å². The molecule has 214 valence electrons. The molecule has 0 N–H and O–H groups in total. The van der Waals surface area contributed by atoms with Crippen molar-refractivity contribution in [3.05, 3.63) is 51.9 Å². The van der Waals surface area contributed by atoms with Gasteiger partial charge in [-0.05, 0) is 26.0 Å². The summed E-state index contributed by atoms with van der Waals surface area (Å²) in [6.07, 6.45) is 2.98. The van der Waals surface area contributed by atoms with E-state index in [2.05, 4.69) is 4.98 Å². The summed E-state index contributed by atoms with van der Waals surface area (Å²) < 4.78 is 45.6. The Kier molecular flexibility index (Phi) is 7.75. The van der Waals surface area contributed by atoms with Crippen LogP contribution in [0.5, 0.6) is 34.5 Å². The van der Waals surface area contributed by atoms with Crippen molar-refractivity contribution in [3.8, 4) is 34.5 Å². The van der Waals surface area contributed by atoms with Crippen LogP contribution < -0.4 is 28.4 Å². The Morgan fingerprint density at radius 3 is 1.61 bits per heavy atom. The SMILES string of the molecule is COc1c(C(C)=O)c(OCc2csc(COc3c(C(C)=O)c(OC)c4ccoc4c3OC)n2)c(OC)c2occc12. The van der Waals surface area contributed by atoms with E-state index >= 15 is 0 Å². The van der Waals surface area contributed by atoms with Crippen LogP contribution in [0, 0.1) is 0 Å². The second-order valence-corrected chi connectivity index (χ2v) is 9.73. The van der Waals surface area contributed by atoms with Gasteiger partial charge in [0.15, 0.2) is 34.2 Å². The molecule has 0 spiro atoms. The van der Waals surface area contributed by atoms with Gasteiger partial charge in [-0.2, -0.15) is 0 Å². The fourth-order valence-corrected chi connectivity index (χ4v) is 5.40. The van der Waals surface area contributed by atoms with Gasteiger partial charge in [0.05, 0.1) is 57.4 Å². The predicted molar refractivity (Wildman–Crippen MR) is 149 cm³/mol. The van der Waals surface area contributed by atoms with Crippen LogP contribution in [0.1, 0.15) is 45.3 Å². The lowest BCUT2D eigenvalue weighted by Crippen LogP contribution is -2.08. The fraction of sp³-hybridized carbons (Fsp3) is 0.276. The van der Waals surface area contributed by atoms with E-state index in [4.69, 9.17) is 37.3 Å². The molecule has 0 aliphatic carbocycles. The van der Waals surface area contributed by atoms with Crippen molar-refractivity contribution < 1.29 is 46.8 Å². The van der Waals surface area contributed by atoms with Gasteiger partial charge in [0.2, 0.25) is 11.5 Å². The number of rotatable bonds is 12. The number of methoxy groups -OCH3 is 4. The van der Waals surface area contributed by atoms with Crippen molar-refractivity contribution in [3.63, 3.8) is 0 Å². The zero-order chi connectivity index (χ0) is 29.3. The predicted octanol–water partition coefficient (Wildman–Crippen LogP) is 6.23. The minimum Gasteiger partial charge on any atom is -0.495 e. The van der Waals surface area contributed by atoms with Crippen molar-refractivity contribution >= 4 is 44.8 Å². The first-order chi connectivity index (χ1) is 19.8. The number of thiazole rings is 1. The summed E-state index contributed by atoms with van der Waals surface area (Å²) in [7, 11) is 5.89. The Balaban J connectivity index is 1.42. The van der Waals surface area contributed by atoms with E-state index in [0.717, 1.165) is 0 Å². The third-order valence-electron chi connectivity index (χ3n) is 6.38. The smallest absolute Gasteiger partial charge is 0.205 e. The van der Waals surface area contributed by atoms with E-state index < -0.39 is 0 Å². The highest BCUT2D eigenvalue weighted by molar-refractivity contribution is 7.09. The molecule has 0 amide bonds. The first-order valence-corrected chi connectivity index (χ1v) is 13.2. The molecule has 0 atom stereocenters. The molecule has 0 saturated carbocycles. The van der Waals surface area contributed by atoms with Gasteiger partial charge >= 0.3 is 0 Å². The Morgan fingerprint density at radius 1 is 0.707 bits per heavy atom. The summed E-state index contributed by atoms with van der Waals surface area (Å²) in [5.41, 5.74) is 1.86. The first kappa shape index (κ1) is 27.8. The number of fused-ring (bicyclic) bond motifs is 2. The standard InChI is InChI=1S/C29H27NO10S/c1-14(31)20-22(33-3)17-7-9-37-24(17)28(35-5)26(20)39-11-16-13-41-19(30-16)12-40-27-21(15(2)32)23(34-4)18-8-10-38-25(18)29(27)36-6/h7-10,13H,11-12H2,1-6H3. The number of ketones is 2. The van der Waals surface area contributed by atoms with Crippen molar-refractivity contribution in [2.45, 2.75) is 27.1 Å². The molecule has 3 aromatic heterocycles. The van der Waals surface area contributed by atoms with E-state index in [0.29, 0.717) is 44.1 Å². The molecule has 0 bridgehead atoms. The lowest BCUT2D eigenvalue weighted by molar-refractivity contribution is 0.0996. The Labute approximate surface area is 238 Å². The number of furan rings is 2. The second-order valence-electron chi connectivity index (χ2n) is 8.79. The average Bonchev–Trinajstić information content (AvgIpc) is 3.73. The van der Waals surface area contributed by atoms with Gasteiger partial charge in [0.25, 0.3) is 0 Å². The lowest BCUT2D eigenvalue weighted by atomic mass is 10.0. The monoisotopic (exact) mass is 581 g/mol. The summed E-state index contributed by atoms with van der Waals surface area (Å²) in [4.78, 5) is 29.9. The number of carbonyl (C=O) groups is 2. The molecular formula is C29H27NO10S. The average molecular weight is 582 g/mol. The maximum Gasteiger partial charge on any atom is 0.205 e. The van der Waals surface area contributed by atoms with E-state index in [1.807, 2.05) is 0 Å². The van der Waals surface area contributed by atoms with Gasteiger partial charge in [-0.15, -0.1) is 11.3 Å². The van der Waals surface area contributed by atoms with Gasteiger partial charge in [0, 0.05) is 5.38 Å². The summed E-state index contributed by atoms with van der Waals surface area (Å²) in [5.74, 6) is 1.11. The maximum absolute atomic E-state index is 12.6. The summed E-state index contributed by atoms with van der Waals surface area (Å²) >= 11 is 1.34. The zero-order valence-electron chi connectivity index (χ0n) is 23.2. The molecule has 41 heavy (non-hydrogen) atoms. The molecule has 0 aliphatic rings. The van der Waals surface area contributed by atoms with Crippen molar-refractivity contribution in [2.24, 2.45) is 0 Å². The number of hydrogen-bond donors (Lipinski definition) is 0. The molecule has 5 aromatic rings. The minimum atomic E-state index is -0.259. The van der Waals surface area contributed by atoms with Gasteiger partial charge in [-0.3, -0.25) is 9.59 Å². The molecule has 0 fully saturated rings. The first-order valence-electron chi connectivity index (χ1n) is 12.3. The van der Waals surface area contributed by atoms with Gasteiger partial charge in [-0.25, -0.2) is 4.98 Å². The van der Waals surface area contributed by atoms with Gasteiger partial charge < -0.3 is 37.3 Å². The Morgan fingerprint density at radius 2 is 1.17 bits per heavy atom. The van der Waals surface area contributed by atoms with Crippen molar-refractivity contribution in [1.29, 1.82) is 0 Å². The summed E-state index contributed by atoms with van der Waals surface area (Å²) in [5, 5.41) is 3.61. The molecule has 11 nitrogen and oxygen atoms in total. The topological polar surface area (TPSA) is 129 Å². The van der Waals surface area contributed by atoms with Gasteiger partial charge in [0.1, 0.15) is 40.8 Å². The third kappa shape index (κ3) is 4.80. The van der Waals surface area contributed by atoms with Crippen LogP contribution in [0.3, 0.4) is 0 Å². The minimum absolute atomic E-state index is 0.0245.